The normalized spacial score (nSPS) is 17.5. The largest absolute Gasteiger partial charge is 0.302 e. The van der Waals surface area contributed by atoms with Crippen molar-refractivity contribution in [1.82, 2.24) is 9.62 Å². The number of aryl methyl sites for hydroxylation is 1. The first-order valence-electron chi connectivity index (χ1n) is 6.87. The monoisotopic (exact) mass is 282 g/mol. The van der Waals surface area contributed by atoms with E-state index in [4.69, 9.17) is 0 Å². The van der Waals surface area contributed by atoms with Crippen molar-refractivity contribution < 1.29 is 8.42 Å². The average Bonchev–Trinajstić information content (AvgIpc) is 2.40. The lowest BCUT2D eigenvalue weighted by molar-refractivity contribution is 0.233. The highest BCUT2D eigenvalue weighted by molar-refractivity contribution is 7.89. The van der Waals surface area contributed by atoms with E-state index in [1.807, 2.05) is 19.1 Å². The van der Waals surface area contributed by atoms with Crippen LogP contribution in [0.5, 0.6) is 0 Å². The maximum atomic E-state index is 12.2. The maximum absolute atomic E-state index is 12.2. The van der Waals surface area contributed by atoms with E-state index in [2.05, 4.69) is 9.62 Å². The van der Waals surface area contributed by atoms with Gasteiger partial charge < -0.3 is 4.90 Å². The highest BCUT2D eigenvalue weighted by Crippen LogP contribution is 2.13. The van der Waals surface area contributed by atoms with E-state index in [1.54, 1.807) is 12.1 Å². The Bertz CT molecular complexity index is 508. The summed E-state index contributed by atoms with van der Waals surface area (Å²) < 4.78 is 27.0. The third-order valence-electron chi connectivity index (χ3n) is 3.55. The van der Waals surface area contributed by atoms with Crippen molar-refractivity contribution in [3.05, 3.63) is 29.8 Å². The highest BCUT2D eigenvalue weighted by Gasteiger charge is 2.16. The minimum Gasteiger partial charge on any atom is -0.302 e. The minimum atomic E-state index is -3.37. The Morgan fingerprint density at radius 3 is 2.53 bits per heavy atom. The maximum Gasteiger partial charge on any atom is 0.240 e. The van der Waals surface area contributed by atoms with Gasteiger partial charge in [0.05, 0.1) is 4.90 Å². The molecule has 0 atom stereocenters. The SMILES string of the molecule is Cc1ccccc1S(=O)(=O)NCCN1CCCCC1. The summed E-state index contributed by atoms with van der Waals surface area (Å²) in [5, 5.41) is 0. The predicted octanol–water partition coefficient (Wildman–Crippen LogP) is 1.76. The molecule has 19 heavy (non-hydrogen) atoms. The van der Waals surface area contributed by atoms with Gasteiger partial charge in [0.15, 0.2) is 0 Å². The molecule has 1 fully saturated rings. The molecule has 0 amide bonds. The molecule has 106 valence electrons. The molecule has 0 spiro atoms. The van der Waals surface area contributed by atoms with Gasteiger partial charge in [-0.25, -0.2) is 13.1 Å². The number of likely N-dealkylation sites (tertiary alicyclic amines) is 1. The molecule has 0 aromatic heterocycles. The van der Waals surface area contributed by atoms with E-state index in [9.17, 15) is 8.42 Å². The van der Waals surface area contributed by atoms with Gasteiger partial charge in [0, 0.05) is 13.1 Å². The summed E-state index contributed by atoms with van der Waals surface area (Å²) in [4.78, 5) is 2.71. The van der Waals surface area contributed by atoms with Crippen molar-refractivity contribution >= 4 is 10.0 Å². The molecule has 0 saturated carbocycles. The lowest BCUT2D eigenvalue weighted by atomic mass is 10.1. The Balaban J connectivity index is 1.89. The molecule has 4 nitrogen and oxygen atoms in total. The van der Waals surface area contributed by atoms with Crippen LogP contribution in [0.1, 0.15) is 24.8 Å². The summed E-state index contributed by atoms with van der Waals surface area (Å²) in [6.07, 6.45) is 3.75. The van der Waals surface area contributed by atoms with Crippen LogP contribution in [0.3, 0.4) is 0 Å². The van der Waals surface area contributed by atoms with E-state index in [0.717, 1.165) is 25.2 Å². The molecule has 1 aliphatic heterocycles. The number of hydrogen-bond donors (Lipinski definition) is 1. The Kier molecular flexibility index (Phi) is 4.96. The fourth-order valence-electron chi connectivity index (χ4n) is 2.46. The van der Waals surface area contributed by atoms with Crippen LogP contribution in [-0.2, 0) is 10.0 Å². The molecule has 1 heterocycles. The number of rotatable bonds is 5. The van der Waals surface area contributed by atoms with Gasteiger partial charge >= 0.3 is 0 Å². The van der Waals surface area contributed by atoms with Gasteiger partial charge in [-0.05, 0) is 44.5 Å². The van der Waals surface area contributed by atoms with Gasteiger partial charge in [-0.2, -0.15) is 0 Å². The molecule has 0 unspecified atom stereocenters. The summed E-state index contributed by atoms with van der Waals surface area (Å²) in [7, 11) is -3.37. The second kappa shape index (κ2) is 6.50. The molecule has 1 saturated heterocycles. The third kappa shape index (κ3) is 4.03. The van der Waals surface area contributed by atoms with Gasteiger partial charge in [0.1, 0.15) is 0 Å². The number of hydrogen-bond acceptors (Lipinski definition) is 3. The second-order valence-electron chi connectivity index (χ2n) is 5.07. The first-order chi connectivity index (χ1) is 9.09. The molecule has 1 N–H and O–H groups in total. The van der Waals surface area contributed by atoms with Crippen molar-refractivity contribution in [2.45, 2.75) is 31.1 Å². The third-order valence-corrected chi connectivity index (χ3v) is 5.17. The fourth-order valence-corrected chi connectivity index (χ4v) is 3.72. The van der Waals surface area contributed by atoms with Crippen molar-refractivity contribution in [3.8, 4) is 0 Å². The van der Waals surface area contributed by atoms with Gasteiger partial charge in [-0.1, -0.05) is 24.6 Å². The topological polar surface area (TPSA) is 49.4 Å². The van der Waals surface area contributed by atoms with E-state index in [-0.39, 0.29) is 0 Å². The Morgan fingerprint density at radius 1 is 1.16 bits per heavy atom. The summed E-state index contributed by atoms with van der Waals surface area (Å²) in [5.74, 6) is 0. The molecular weight excluding hydrogens is 260 g/mol. The van der Waals surface area contributed by atoms with Gasteiger partial charge in [-0.3, -0.25) is 0 Å². The van der Waals surface area contributed by atoms with Crippen molar-refractivity contribution in [2.75, 3.05) is 26.2 Å². The summed E-state index contributed by atoms with van der Waals surface area (Å²) in [6, 6.07) is 7.08. The molecule has 5 heteroatoms. The first-order valence-corrected chi connectivity index (χ1v) is 8.35. The second-order valence-corrected chi connectivity index (χ2v) is 6.80. The smallest absolute Gasteiger partial charge is 0.240 e. The van der Waals surface area contributed by atoms with E-state index < -0.39 is 10.0 Å². The van der Waals surface area contributed by atoms with E-state index in [0.29, 0.717) is 11.4 Å². The first kappa shape index (κ1) is 14.5. The fraction of sp³-hybridized carbons (Fsp3) is 0.571. The quantitative estimate of drug-likeness (QED) is 0.895. The van der Waals surface area contributed by atoms with Gasteiger partial charge in [0.25, 0.3) is 0 Å². The van der Waals surface area contributed by atoms with Crippen LogP contribution in [0.4, 0.5) is 0 Å². The Hall–Kier alpha value is -0.910. The summed E-state index contributed by atoms with van der Waals surface area (Å²) >= 11 is 0. The van der Waals surface area contributed by atoms with Gasteiger partial charge in [0.2, 0.25) is 10.0 Å². The molecule has 0 aliphatic carbocycles. The Morgan fingerprint density at radius 2 is 1.84 bits per heavy atom. The molecular formula is C14H22N2O2S. The summed E-state index contributed by atoms with van der Waals surface area (Å²) in [5.41, 5.74) is 0.785. The van der Waals surface area contributed by atoms with E-state index >= 15 is 0 Å². The predicted molar refractivity (Wildman–Crippen MR) is 76.7 cm³/mol. The van der Waals surface area contributed by atoms with Crippen molar-refractivity contribution in [2.24, 2.45) is 0 Å². The highest BCUT2D eigenvalue weighted by atomic mass is 32.2. The zero-order chi connectivity index (χ0) is 13.7. The number of nitrogens with zero attached hydrogens (tertiary/aromatic N) is 1. The molecule has 0 radical (unpaired) electrons. The van der Waals surface area contributed by atoms with Crippen molar-refractivity contribution in [1.29, 1.82) is 0 Å². The van der Waals surface area contributed by atoms with Crippen LogP contribution < -0.4 is 4.72 Å². The van der Waals surface area contributed by atoms with Crippen LogP contribution >= 0.6 is 0 Å². The lowest BCUT2D eigenvalue weighted by Gasteiger charge is -2.26. The zero-order valence-electron chi connectivity index (χ0n) is 11.4. The number of sulfonamides is 1. The molecule has 2 rings (SSSR count). The molecule has 1 aromatic rings. The lowest BCUT2D eigenvalue weighted by Crippen LogP contribution is -2.37. The number of benzene rings is 1. The van der Waals surface area contributed by atoms with Crippen LogP contribution in [0.25, 0.3) is 0 Å². The molecule has 1 aromatic carbocycles. The minimum absolute atomic E-state index is 0.383. The van der Waals surface area contributed by atoms with Crippen molar-refractivity contribution in [3.63, 3.8) is 0 Å². The molecule has 0 bridgehead atoms. The van der Waals surface area contributed by atoms with E-state index in [1.165, 1.54) is 19.3 Å². The number of piperidine rings is 1. The molecule has 1 aliphatic rings. The Labute approximate surface area is 115 Å². The van der Waals surface area contributed by atoms with Gasteiger partial charge in [-0.15, -0.1) is 0 Å². The standard InChI is InChI=1S/C14H22N2O2S/c1-13-7-3-4-8-14(13)19(17,18)15-9-12-16-10-5-2-6-11-16/h3-4,7-8,15H,2,5-6,9-12H2,1H3. The van der Waals surface area contributed by atoms with Crippen LogP contribution in [0.15, 0.2) is 29.2 Å². The average molecular weight is 282 g/mol. The zero-order valence-corrected chi connectivity index (χ0v) is 12.2. The van der Waals surface area contributed by atoms with Crippen LogP contribution in [0, 0.1) is 6.92 Å². The summed E-state index contributed by atoms with van der Waals surface area (Å²) in [6.45, 7) is 5.28. The number of nitrogens with one attached hydrogen (secondary N) is 1. The van der Waals surface area contributed by atoms with Crippen LogP contribution in [0.2, 0.25) is 0 Å². The van der Waals surface area contributed by atoms with Crippen LogP contribution in [-0.4, -0.2) is 39.5 Å².